The van der Waals surface area contributed by atoms with Crippen LogP contribution in [0.3, 0.4) is 0 Å². The molecule has 0 saturated carbocycles. The van der Waals surface area contributed by atoms with Gasteiger partial charge in [0.1, 0.15) is 0 Å². The highest BCUT2D eigenvalue weighted by molar-refractivity contribution is 7.10. The quantitative estimate of drug-likeness (QED) is 0.870. The fourth-order valence-electron chi connectivity index (χ4n) is 2.41. The Bertz CT molecular complexity index is 343. The Morgan fingerprint density at radius 2 is 2.31 bits per heavy atom. The summed E-state index contributed by atoms with van der Waals surface area (Å²) in [6, 6.07) is 2.27. The van der Waals surface area contributed by atoms with Crippen LogP contribution in [-0.2, 0) is 13.0 Å². The monoisotopic (exact) mass is 238 g/mol. The molecule has 1 fully saturated rings. The van der Waals surface area contributed by atoms with Crippen molar-refractivity contribution >= 4 is 11.3 Å². The molecule has 0 aliphatic carbocycles. The van der Waals surface area contributed by atoms with Crippen LogP contribution in [0.2, 0.25) is 0 Å². The van der Waals surface area contributed by atoms with E-state index in [1.165, 1.54) is 12.1 Å². The summed E-state index contributed by atoms with van der Waals surface area (Å²) in [6.45, 7) is 11.4. The molecule has 1 aromatic rings. The number of hydrogen-bond acceptors (Lipinski definition) is 3. The van der Waals surface area contributed by atoms with Crippen molar-refractivity contribution in [3.8, 4) is 0 Å². The molecule has 2 rings (SSSR count). The molecule has 1 saturated heterocycles. The van der Waals surface area contributed by atoms with Gasteiger partial charge in [0.2, 0.25) is 0 Å². The predicted molar refractivity (Wildman–Crippen MR) is 71.1 cm³/mol. The maximum Gasteiger partial charge on any atom is 0.0332 e. The Morgan fingerprint density at radius 3 is 3.00 bits per heavy atom. The van der Waals surface area contributed by atoms with Gasteiger partial charge in [-0.1, -0.05) is 6.92 Å². The highest BCUT2D eigenvalue weighted by atomic mass is 32.1. The van der Waals surface area contributed by atoms with Gasteiger partial charge in [0.05, 0.1) is 0 Å². The molecule has 0 aromatic carbocycles. The first kappa shape index (κ1) is 12.1. The molecule has 2 heterocycles. The summed E-state index contributed by atoms with van der Waals surface area (Å²) in [6.07, 6.45) is 1.16. The Labute approximate surface area is 103 Å². The number of thiophene rings is 1. The van der Waals surface area contributed by atoms with Gasteiger partial charge in [0.25, 0.3) is 0 Å². The van der Waals surface area contributed by atoms with Crippen LogP contribution in [0.25, 0.3) is 0 Å². The summed E-state index contributed by atoms with van der Waals surface area (Å²) >= 11 is 1.91. The molecule has 2 nitrogen and oxygen atoms in total. The van der Waals surface area contributed by atoms with Crippen LogP contribution in [-0.4, -0.2) is 30.1 Å². The van der Waals surface area contributed by atoms with Crippen molar-refractivity contribution in [3.05, 3.63) is 21.9 Å². The highest BCUT2D eigenvalue weighted by Gasteiger charge is 2.25. The van der Waals surface area contributed by atoms with Crippen molar-refractivity contribution in [1.29, 1.82) is 0 Å². The molecular formula is C13H22N2S. The average molecular weight is 238 g/mol. The van der Waals surface area contributed by atoms with Crippen molar-refractivity contribution in [2.45, 2.75) is 39.3 Å². The van der Waals surface area contributed by atoms with Gasteiger partial charge in [-0.05, 0) is 37.3 Å². The first-order chi connectivity index (χ1) is 7.61. The number of nitrogens with one attached hydrogen (secondary N) is 1. The van der Waals surface area contributed by atoms with Crippen molar-refractivity contribution in [2.24, 2.45) is 0 Å². The van der Waals surface area contributed by atoms with E-state index in [1.54, 1.807) is 4.88 Å². The molecule has 0 atom stereocenters. The number of piperazine rings is 1. The van der Waals surface area contributed by atoms with E-state index in [-0.39, 0.29) is 5.54 Å². The van der Waals surface area contributed by atoms with E-state index in [0.29, 0.717) is 0 Å². The fourth-order valence-corrected chi connectivity index (χ4v) is 3.42. The lowest BCUT2D eigenvalue weighted by Crippen LogP contribution is -2.56. The van der Waals surface area contributed by atoms with Gasteiger partial charge in [-0.3, -0.25) is 4.90 Å². The Hall–Kier alpha value is -0.380. The molecule has 1 aliphatic rings. The number of aryl methyl sites for hydroxylation is 1. The smallest absolute Gasteiger partial charge is 0.0332 e. The maximum absolute atomic E-state index is 3.56. The van der Waals surface area contributed by atoms with Crippen LogP contribution in [0.4, 0.5) is 0 Å². The van der Waals surface area contributed by atoms with Crippen molar-refractivity contribution in [1.82, 2.24) is 10.2 Å². The van der Waals surface area contributed by atoms with Crippen LogP contribution < -0.4 is 5.32 Å². The van der Waals surface area contributed by atoms with E-state index in [0.717, 1.165) is 26.1 Å². The molecule has 16 heavy (non-hydrogen) atoms. The third kappa shape index (κ3) is 2.84. The van der Waals surface area contributed by atoms with Crippen LogP contribution in [0.15, 0.2) is 11.4 Å². The summed E-state index contributed by atoms with van der Waals surface area (Å²) in [7, 11) is 0. The van der Waals surface area contributed by atoms with Gasteiger partial charge in [-0.25, -0.2) is 0 Å². The van der Waals surface area contributed by atoms with E-state index < -0.39 is 0 Å². The van der Waals surface area contributed by atoms with Gasteiger partial charge in [0.15, 0.2) is 0 Å². The van der Waals surface area contributed by atoms with E-state index in [9.17, 15) is 0 Å². The van der Waals surface area contributed by atoms with Crippen LogP contribution in [0.5, 0.6) is 0 Å². The molecule has 0 radical (unpaired) electrons. The first-order valence-electron chi connectivity index (χ1n) is 6.13. The second-order valence-electron chi connectivity index (χ2n) is 5.24. The number of hydrogen-bond donors (Lipinski definition) is 1. The second-order valence-corrected chi connectivity index (χ2v) is 6.24. The van der Waals surface area contributed by atoms with Crippen molar-refractivity contribution in [2.75, 3.05) is 19.6 Å². The molecule has 0 spiro atoms. The summed E-state index contributed by atoms with van der Waals surface area (Å²) < 4.78 is 0. The third-order valence-corrected chi connectivity index (χ3v) is 4.18. The van der Waals surface area contributed by atoms with Gasteiger partial charge in [-0.2, -0.15) is 0 Å². The molecule has 3 heteroatoms. The zero-order valence-electron chi connectivity index (χ0n) is 10.5. The van der Waals surface area contributed by atoms with Crippen LogP contribution in [0, 0.1) is 0 Å². The Morgan fingerprint density at radius 1 is 1.50 bits per heavy atom. The van der Waals surface area contributed by atoms with E-state index in [1.807, 2.05) is 11.3 Å². The molecule has 1 N–H and O–H groups in total. The average Bonchev–Trinajstić information content (AvgIpc) is 2.63. The predicted octanol–water partition coefficient (Wildman–Crippen LogP) is 2.49. The minimum Gasteiger partial charge on any atom is -0.309 e. The summed E-state index contributed by atoms with van der Waals surface area (Å²) in [5.74, 6) is 0. The summed E-state index contributed by atoms with van der Waals surface area (Å²) in [5.41, 5.74) is 1.79. The second kappa shape index (κ2) is 4.86. The van der Waals surface area contributed by atoms with Gasteiger partial charge < -0.3 is 5.32 Å². The zero-order valence-corrected chi connectivity index (χ0v) is 11.4. The minimum atomic E-state index is 0.266. The van der Waals surface area contributed by atoms with Crippen molar-refractivity contribution < 1.29 is 0 Å². The van der Waals surface area contributed by atoms with E-state index in [4.69, 9.17) is 0 Å². The molecular weight excluding hydrogens is 216 g/mol. The Kier molecular flexibility index (Phi) is 3.67. The van der Waals surface area contributed by atoms with Crippen LogP contribution in [0.1, 0.15) is 31.2 Å². The highest BCUT2D eigenvalue weighted by Crippen LogP contribution is 2.21. The molecule has 0 unspecified atom stereocenters. The zero-order chi connectivity index (χ0) is 11.6. The summed E-state index contributed by atoms with van der Waals surface area (Å²) in [4.78, 5) is 4.13. The standard InChI is InChI=1S/C13H22N2S/c1-4-11-5-8-16-12(11)9-15-7-6-14-13(2,3)10-15/h5,8,14H,4,6-7,9-10H2,1-3H3. The topological polar surface area (TPSA) is 15.3 Å². The molecule has 1 aliphatic heterocycles. The molecule has 90 valence electrons. The third-order valence-electron chi connectivity index (χ3n) is 3.24. The normalized spacial score (nSPS) is 21.2. The van der Waals surface area contributed by atoms with Gasteiger partial charge in [-0.15, -0.1) is 11.3 Å². The summed E-state index contributed by atoms with van der Waals surface area (Å²) in [5, 5.41) is 5.78. The molecule has 0 amide bonds. The lowest BCUT2D eigenvalue weighted by molar-refractivity contribution is 0.149. The first-order valence-corrected chi connectivity index (χ1v) is 7.01. The SMILES string of the molecule is CCc1ccsc1CN1CCNC(C)(C)C1. The maximum atomic E-state index is 3.56. The van der Waals surface area contributed by atoms with Gasteiger partial charge in [0, 0.05) is 36.6 Å². The lowest BCUT2D eigenvalue weighted by Gasteiger charge is -2.39. The van der Waals surface area contributed by atoms with Crippen molar-refractivity contribution in [3.63, 3.8) is 0 Å². The largest absolute Gasteiger partial charge is 0.309 e. The van der Waals surface area contributed by atoms with E-state index in [2.05, 4.69) is 42.4 Å². The number of rotatable bonds is 3. The lowest BCUT2D eigenvalue weighted by atomic mass is 10.0. The molecule has 1 aromatic heterocycles. The fraction of sp³-hybridized carbons (Fsp3) is 0.692. The van der Waals surface area contributed by atoms with E-state index >= 15 is 0 Å². The molecule has 0 bridgehead atoms. The Balaban J connectivity index is 1.99. The van der Waals surface area contributed by atoms with Crippen LogP contribution >= 0.6 is 11.3 Å². The number of nitrogens with zero attached hydrogens (tertiary/aromatic N) is 1. The van der Waals surface area contributed by atoms with Gasteiger partial charge >= 0.3 is 0 Å². The minimum absolute atomic E-state index is 0.266.